The number of carbonyl (C=O) groups is 2. The van der Waals surface area contributed by atoms with Crippen LogP contribution in [-0.4, -0.2) is 68.0 Å². The zero-order valence-corrected chi connectivity index (χ0v) is 34.5. The van der Waals surface area contributed by atoms with Gasteiger partial charge in [0.15, 0.2) is 0 Å². The molecule has 4 aromatic carbocycles. The number of carboxylic acid groups (broad SMARTS) is 1. The van der Waals surface area contributed by atoms with Crippen molar-refractivity contribution in [3.05, 3.63) is 99.3 Å². The van der Waals surface area contributed by atoms with E-state index in [1.807, 2.05) is 11.9 Å². The molecule has 1 saturated heterocycles. The Balaban J connectivity index is 1.22. The number of benzene rings is 4. The Morgan fingerprint density at radius 3 is 2.32 bits per heavy atom. The number of carboxylic acids is 1. The van der Waals surface area contributed by atoms with Crippen LogP contribution in [-0.2, 0) is 35.4 Å². The third-order valence-electron chi connectivity index (χ3n) is 11.6. The predicted molar refractivity (Wildman–Crippen MR) is 224 cm³/mol. The molecule has 10 nitrogen and oxygen atoms in total. The van der Waals surface area contributed by atoms with Crippen LogP contribution in [0.4, 0.5) is 23.2 Å². The third kappa shape index (κ3) is 10.4. The summed E-state index contributed by atoms with van der Waals surface area (Å²) >= 11 is 7.05. The fourth-order valence-corrected chi connectivity index (χ4v) is 8.75. The van der Waals surface area contributed by atoms with Gasteiger partial charge in [-0.1, -0.05) is 41.9 Å². The highest BCUT2D eigenvalue weighted by Gasteiger charge is 2.35. The fraction of sp³-hybridized carbons (Fsp3) is 0.400. The molecule has 0 aromatic heterocycles. The highest BCUT2D eigenvalue weighted by molar-refractivity contribution is 6.36. The van der Waals surface area contributed by atoms with Crippen LogP contribution in [0.15, 0.2) is 60.7 Å². The lowest BCUT2D eigenvalue weighted by atomic mass is 9.83. The molecule has 1 heterocycles. The Morgan fingerprint density at radius 1 is 0.967 bits per heavy atom. The first-order valence-electron chi connectivity index (χ1n) is 19.9. The van der Waals surface area contributed by atoms with E-state index in [0.29, 0.717) is 75.5 Å². The van der Waals surface area contributed by atoms with Gasteiger partial charge in [0.2, 0.25) is 5.91 Å². The molecule has 0 spiro atoms. The van der Waals surface area contributed by atoms with Crippen molar-refractivity contribution in [2.45, 2.75) is 82.8 Å². The number of halogens is 5. The monoisotopic (exact) mass is 851 g/mol. The Bertz CT molecular complexity index is 2210. The predicted octanol–water partition coefficient (Wildman–Crippen LogP) is 9.29. The summed E-state index contributed by atoms with van der Waals surface area (Å²) in [5.41, 5.74) is 2.69. The molecule has 1 unspecified atom stereocenters. The molecule has 320 valence electrons. The van der Waals surface area contributed by atoms with Gasteiger partial charge in [-0.25, -0.2) is 4.39 Å². The molecular formula is C45H50ClF4N5O5. The maximum absolute atomic E-state index is 15.7. The average molecular weight is 852 g/mol. The average Bonchev–Trinajstić information content (AvgIpc) is 3.64. The highest BCUT2D eigenvalue weighted by atomic mass is 35.5. The summed E-state index contributed by atoms with van der Waals surface area (Å²) in [5, 5.41) is 27.0. The first kappa shape index (κ1) is 44.4. The number of hydrogen-bond acceptors (Lipinski definition) is 8. The lowest BCUT2D eigenvalue weighted by Crippen LogP contribution is -2.35. The number of rotatable bonds is 17. The number of methoxy groups -OCH3 is 2. The van der Waals surface area contributed by atoms with Crippen LogP contribution in [0, 0.1) is 17.1 Å². The van der Waals surface area contributed by atoms with Gasteiger partial charge in [0.1, 0.15) is 17.3 Å². The SMILES string of the molecule is COc1cc(CNc2cccc(-c3cccc(-c4cc(F)c(CNCC5CCC(=O)N5)c(OC)c4)c3Cl)c2C=N)c(C(F)(F)F)cc1CN(C)C1CCC(CC(=O)O)CC1. The van der Waals surface area contributed by atoms with Gasteiger partial charge in [0.25, 0.3) is 0 Å². The minimum absolute atomic E-state index is 0.00111. The van der Waals surface area contributed by atoms with Crippen molar-refractivity contribution in [2.75, 3.05) is 33.1 Å². The van der Waals surface area contributed by atoms with Gasteiger partial charge in [-0.2, -0.15) is 13.2 Å². The second kappa shape index (κ2) is 19.5. The van der Waals surface area contributed by atoms with Gasteiger partial charge in [0.05, 0.1) is 24.8 Å². The number of nitrogens with zero attached hydrogens (tertiary/aromatic N) is 1. The molecule has 1 aliphatic heterocycles. The zero-order valence-electron chi connectivity index (χ0n) is 33.8. The molecule has 4 aromatic rings. The number of ether oxygens (including phenoxy) is 2. The Hall–Kier alpha value is -5.18. The number of amides is 1. The van der Waals surface area contributed by atoms with Gasteiger partial charge in [-0.05, 0) is 92.1 Å². The van der Waals surface area contributed by atoms with Crippen LogP contribution in [0.3, 0.4) is 0 Å². The van der Waals surface area contributed by atoms with Gasteiger partial charge < -0.3 is 35.9 Å². The van der Waals surface area contributed by atoms with Crippen molar-refractivity contribution < 1.29 is 41.7 Å². The van der Waals surface area contributed by atoms with Crippen molar-refractivity contribution >= 4 is 35.4 Å². The summed E-state index contributed by atoms with van der Waals surface area (Å²) in [4.78, 5) is 24.7. The fourth-order valence-electron chi connectivity index (χ4n) is 8.41. The maximum atomic E-state index is 15.7. The van der Waals surface area contributed by atoms with Gasteiger partial charge >= 0.3 is 12.1 Å². The number of nitrogens with one attached hydrogen (secondary N) is 4. The van der Waals surface area contributed by atoms with Crippen LogP contribution < -0.4 is 25.4 Å². The van der Waals surface area contributed by atoms with Gasteiger partial charge in [-0.15, -0.1) is 0 Å². The molecule has 1 aliphatic carbocycles. The Kier molecular flexibility index (Phi) is 14.4. The van der Waals surface area contributed by atoms with E-state index in [1.54, 1.807) is 42.5 Å². The van der Waals surface area contributed by atoms with Crippen molar-refractivity contribution in [2.24, 2.45) is 5.92 Å². The van der Waals surface area contributed by atoms with E-state index >= 15 is 4.39 Å². The van der Waals surface area contributed by atoms with Crippen molar-refractivity contribution in [3.8, 4) is 33.8 Å². The first-order chi connectivity index (χ1) is 28.7. The normalized spacial score (nSPS) is 18.0. The molecular weight excluding hydrogens is 802 g/mol. The summed E-state index contributed by atoms with van der Waals surface area (Å²) in [6, 6.07) is 16.1. The van der Waals surface area contributed by atoms with E-state index < -0.39 is 23.5 Å². The zero-order chi connectivity index (χ0) is 43.1. The molecule has 1 amide bonds. The van der Waals surface area contributed by atoms with E-state index in [1.165, 1.54) is 26.4 Å². The summed E-state index contributed by atoms with van der Waals surface area (Å²) in [7, 11) is 4.74. The molecule has 60 heavy (non-hydrogen) atoms. The largest absolute Gasteiger partial charge is 0.496 e. The summed E-state index contributed by atoms with van der Waals surface area (Å²) < 4.78 is 70.9. The van der Waals surface area contributed by atoms with Crippen LogP contribution in [0.2, 0.25) is 5.02 Å². The van der Waals surface area contributed by atoms with E-state index in [4.69, 9.17) is 31.6 Å². The van der Waals surface area contributed by atoms with E-state index in [9.17, 15) is 22.8 Å². The van der Waals surface area contributed by atoms with E-state index in [-0.39, 0.29) is 60.5 Å². The van der Waals surface area contributed by atoms with Crippen LogP contribution >= 0.6 is 11.6 Å². The molecule has 0 bridgehead atoms. The molecule has 1 atom stereocenters. The lowest BCUT2D eigenvalue weighted by molar-refractivity contribution is -0.139. The minimum atomic E-state index is -4.67. The second-order valence-corrected chi connectivity index (χ2v) is 15.9. The minimum Gasteiger partial charge on any atom is -0.496 e. The molecule has 5 N–H and O–H groups in total. The van der Waals surface area contributed by atoms with Gasteiger partial charge in [0, 0.05) is 90.8 Å². The Morgan fingerprint density at radius 2 is 1.67 bits per heavy atom. The van der Waals surface area contributed by atoms with E-state index in [2.05, 4.69) is 16.0 Å². The number of alkyl halides is 3. The Labute approximate surface area is 352 Å². The summed E-state index contributed by atoms with van der Waals surface area (Å²) in [5.74, 6) is -0.598. The third-order valence-corrected chi connectivity index (χ3v) is 12.0. The number of aliphatic carboxylic acids is 1. The maximum Gasteiger partial charge on any atom is 0.416 e. The van der Waals surface area contributed by atoms with Crippen molar-refractivity contribution in [1.29, 1.82) is 5.41 Å². The van der Waals surface area contributed by atoms with Crippen molar-refractivity contribution in [3.63, 3.8) is 0 Å². The number of hydrogen-bond donors (Lipinski definition) is 5. The molecule has 6 rings (SSSR count). The summed E-state index contributed by atoms with van der Waals surface area (Å²) in [6.07, 6.45) is 0.769. The molecule has 1 saturated carbocycles. The second-order valence-electron chi connectivity index (χ2n) is 15.5. The first-order valence-corrected chi connectivity index (χ1v) is 20.3. The standard InChI is InChI=1S/C45H50ClF4N5O5/c1-55(31-13-10-26(11-14-31)16-43(57)58)25-29-17-37(45(48,49)50)28(20-40(29)59-2)22-53-39-9-5-7-33(35(39)21-51)34-8-4-6-32(44(34)46)27-18-38(47)36(41(19-27)60-3)24-52-23-30-12-15-42(56)54-30/h4-9,17-21,26,30-31,51-53H,10-16,22-25H2,1-3H3,(H,54,56)(H,57,58). The smallest absolute Gasteiger partial charge is 0.416 e. The summed E-state index contributed by atoms with van der Waals surface area (Å²) in [6.45, 7) is 0.645. The van der Waals surface area contributed by atoms with Crippen LogP contribution in [0.5, 0.6) is 11.5 Å². The van der Waals surface area contributed by atoms with Crippen LogP contribution in [0.25, 0.3) is 22.3 Å². The molecule has 2 fully saturated rings. The number of anilines is 1. The number of carbonyl (C=O) groups excluding carboxylic acids is 1. The highest BCUT2D eigenvalue weighted by Crippen LogP contribution is 2.42. The topological polar surface area (TPSA) is 136 Å². The van der Waals surface area contributed by atoms with Gasteiger partial charge in [-0.3, -0.25) is 14.5 Å². The quantitative estimate of drug-likeness (QED) is 0.0524. The molecule has 15 heteroatoms. The molecule has 0 radical (unpaired) electrons. The molecule has 2 aliphatic rings. The van der Waals surface area contributed by atoms with Crippen LogP contribution in [0.1, 0.15) is 72.8 Å². The van der Waals surface area contributed by atoms with E-state index in [0.717, 1.165) is 38.0 Å². The lowest BCUT2D eigenvalue weighted by Gasteiger charge is -2.34. The van der Waals surface area contributed by atoms with Crippen molar-refractivity contribution in [1.82, 2.24) is 15.5 Å².